The highest BCUT2D eigenvalue weighted by Gasteiger charge is 2.51. The molecule has 36 heavy (non-hydrogen) atoms. The van der Waals surface area contributed by atoms with Gasteiger partial charge in [0.15, 0.2) is 0 Å². The predicted octanol–water partition coefficient (Wildman–Crippen LogP) is 5.66. The molecule has 0 spiro atoms. The predicted molar refractivity (Wildman–Crippen MR) is 146 cm³/mol. The quantitative estimate of drug-likeness (QED) is 0.356. The Morgan fingerprint density at radius 1 is 0.889 bits per heavy atom. The molecule has 0 radical (unpaired) electrons. The second kappa shape index (κ2) is 7.24. The van der Waals surface area contributed by atoms with Gasteiger partial charge >= 0.3 is 0 Å². The summed E-state index contributed by atoms with van der Waals surface area (Å²) < 4.78 is 6.63. The van der Waals surface area contributed by atoms with Gasteiger partial charge in [-0.1, -0.05) is 66.3 Å². The molecule has 5 heterocycles. The van der Waals surface area contributed by atoms with Crippen LogP contribution in [-0.2, 0) is 0 Å². The Morgan fingerprint density at radius 2 is 1.72 bits per heavy atom. The Hall–Kier alpha value is -3.56. The number of rotatable bonds is 2. The Labute approximate surface area is 211 Å². The van der Waals surface area contributed by atoms with Crippen molar-refractivity contribution in [2.24, 2.45) is 5.92 Å². The normalized spacial score (nSPS) is 29.8. The average Bonchev–Trinajstić information content (AvgIpc) is 3.20. The minimum absolute atomic E-state index is 0.192. The molecule has 2 aromatic carbocycles. The third-order valence-corrected chi connectivity index (χ3v) is 8.96. The van der Waals surface area contributed by atoms with Crippen molar-refractivity contribution < 1.29 is 4.42 Å². The fourth-order valence-corrected chi connectivity index (χ4v) is 7.07. The van der Waals surface area contributed by atoms with Crippen LogP contribution in [0.25, 0.3) is 28.2 Å². The fourth-order valence-electron chi connectivity index (χ4n) is 7.07. The molecule has 178 valence electrons. The van der Waals surface area contributed by atoms with E-state index in [4.69, 9.17) is 4.42 Å². The smallest absolute Gasteiger partial charge is 0.137 e. The van der Waals surface area contributed by atoms with E-state index in [2.05, 4.69) is 110 Å². The van der Waals surface area contributed by atoms with Crippen molar-refractivity contribution in [1.82, 2.24) is 9.80 Å². The lowest BCUT2D eigenvalue weighted by molar-refractivity contribution is 0.439. The van der Waals surface area contributed by atoms with E-state index in [1.807, 2.05) is 0 Å². The number of hydrogen-bond donors (Lipinski definition) is 0. The summed E-state index contributed by atoms with van der Waals surface area (Å²) >= 11 is 0. The number of benzene rings is 2. The zero-order valence-electron chi connectivity index (χ0n) is 21.0. The molecule has 1 saturated heterocycles. The zero-order chi connectivity index (χ0) is 24.1. The standard InChI is InChI=1S/C33H30N2O/c1-19-14-29-32(35(29)16-19)25-10-5-4-8-22(25)27-18-34-17-21(3)20(2)15-28(34)31-24(27)12-13-26-23-9-6-7-11-30(23)36-33(26)31/h4-11,13-15,17-18,24,28-29,32H,12,16H2,1-3H3/t24-,28?,29?,32?,35?/m0/s1. The first-order chi connectivity index (χ1) is 17.6. The van der Waals surface area contributed by atoms with E-state index in [1.165, 1.54) is 49.6 Å². The van der Waals surface area contributed by atoms with Crippen LogP contribution in [0.4, 0.5) is 0 Å². The van der Waals surface area contributed by atoms with Crippen LogP contribution in [0, 0.1) is 5.92 Å². The number of nitrogens with zero attached hydrogens (tertiary/aromatic N) is 2. The topological polar surface area (TPSA) is 19.4 Å². The van der Waals surface area contributed by atoms with Gasteiger partial charge in [0, 0.05) is 47.1 Å². The second-order valence-corrected chi connectivity index (χ2v) is 11.1. The number of fused-ring (bicyclic) bond motifs is 7. The lowest BCUT2D eigenvalue weighted by Gasteiger charge is -2.41. The summed E-state index contributed by atoms with van der Waals surface area (Å²) in [5.41, 5.74) is 11.9. The molecule has 3 heteroatoms. The minimum atomic E-state index is 0.192. The first kappa shape index (κ1) is 20.6. The Kier molecular flexibility index (Phi) is 4.14. The summed E-state index contributed by atoms with van der Waals surface area (Å²) in [5.74, 6) is 0.308. The molecule has 5 atom stereocenters. The van der Waals surface area contributed by atoms with Gasteiger partial charge in [-0.05, 0) is 61.1 Å². The van der Waals surface area contributed by atoms with E-state index in [9.17, 15) is 0 Å². The van der Waals surface area contributed by atoms with Crippen LogP contribution in [0.15, 0.2) is 94.2 Å². The van der Waals surface area contributed by atoms with Crippen LogP contribution in [-0.4, -0.2) is 28.4 Å². The molecular formula is C33H30N2O. The van der Waals surface area contributed by atoms with Gasteiger partial charge in [0.2, 0.25) is 0 Å². The summed E-state index contributed by atoms with van der Waals surface area (Å²) in [6.07, 6.45) is 13.1. The van der Waals surface area contributed by atoms with Gasteiger partial charge in [-0.2, -0.15) is 0 Å². The number of allylic oxidation sites excluding steroid dienone is 3. The van der Waals surface area contributed by atoms with Gasteiger partial charge in [0.05, 0.1) is 12.1 Å². The molecule has 0 bridgehead atoms. The summed E-state index contributed by atoms with van der Waals surface area (Å²) in [7, 11) is 0. The summed E-state index contributed by atoms with van der Waals surface area (Å²) in [5, 5.41) is 2.50. The van der Waals surface area contributed by atoms with Gasteiger partial charge in [0.1, 0.15) is 11.0 Å². The summed E-state index contributed by atoms with van der Waals surface area (Å²) in [4.78, 5) is 5.05. The maximum atomic E-state index is 6.63. The van der Waals surface area contributed by atoms with Crippen molar-refractivity contribution >= 4 is 28.2 Å². The first-order valence-corrected chi connectivity index (χ1v) is 13.2. The van der Waals surface area contributed by atoms with Crippen molar-refractivity contribution in [3.63, 3.8) is 0 Å². The first-order valence-electron chi connectivity index (χ1n) is 13.2. The Bertz CT molecular complexity index is 1710. The van der Waals surface area contributed by atoms with E-state index >= 15 is 0 Å². The van der Waals surface area contributed by atoms with Crippen LogP contribution in [0.1, 0.15) is 44.4 Å². The Morgan fingerprint density at radius 3 is 2.58 bits per heavy atom. The molecule has 4 aliphatic heterocycles. The number of furan rings is 1. The van der Waals surface area contributed by atoms with Crippen molar-refractivity contribution in [3.8, 4) is 0 Å². The second-order valence-electron chi connectivity index (χ2n) is 11.1. The molecule has 1 fully saturated rings. The molecule has 8 rings (SSSR count). The van der Waals surface area contributed by atoms with Crippen LogP contribution >= 0.6 is 0 Å². The van der Waals surface area contributed by atoms with E-state index in [0.717, 1.165) is 24.0 Å². The van der Waals surface area contributed by atoms with Crippen LogP contribution in [0.3, 0.4) is 0 Å². The van der Waals surface area contributed by atoms with Crippen molar-refractivity contribution in [1.29, 1.82) is 0 Å². The maximum Gasteiger partial charge on any atom is 0.137 e. The van der Waals surface area contributed by atoms with Gasteiger partial charge in [-0.25, -0.2) is 0 Å². The van der Waals surface area contributed by atoms with Gasteiger partial charge in [-0.3, -0.25) is 4.90 Å². The molecule has 0 N–H and O–H groups in total. The van der Waals surface area contributed by atoms with Gasteiger partial charge in [-0.15, -0.1) is 0 Å². The highest BCUT2D eigenvalue weighted by molar-refractivity contribution is 5.87. The highest BCUT2D eigenvalue weighted by Crippen LogP contribution is 2.52. The van der Waals surface area contributed by atoms with E-state index in [-0.39, 0.29) is 6.04 Å². The largest absolute Gasteiger partial charge is 0.456 e. The fraction of sp³-hybridized carbons (Fsp3) is 0.273. The molecule has 3 aromatic rings. The van der Waals surface area contributed by atoms with Crippen LogP contribution in [0.2, 0.25) is 0 Å². The van der Waals surface area contributed by atoms with Gasteiger partial charge in [0.25, 0.3) is 0 Å². The lowest BCUT2D eigenvalue weighted by atomic mass is 9.74. The third kappa shape index (κ3) is 2.78. The molecule has 4 unspecified atom stereocenters. The van der Waals surface area contributed by atoms with Crippen LogP contribution in [0.5, 0.6) is 0 Å². The maximum absolute atomic E-state index is 6.63. The number of para-hydroxylation sites is 1. The summed E-state index contributed by atoms with van der Waals surface area (Å²) in [6.45, 7) is 7.80. The molecular weight excluding hydrogens is 440 g/mol. The highest BCUT2D eigenvalue weighted by atomic mass is 16.3. The molecule has 1 aliphatic carbocycles. The zero-order valence-corrected chi connectivity index (χ0v) is 21.0. The monoisotopic (exact) mass is 470 g/mol. The molecule has 0 saturated carbocycles. The summed E-state index contributed by atoms with van der Waals surface area (Å²) in [6, 6.07) is 18.9. The minimum Gasteiger partial charge on any atom is -0.456 e. The average molecular weight is 471 g/mol. The Balaban J connectivity index is 1.36. The molecule has 0 amide bonds. The lowest BCUT2D eigenvalue weighted by Crippen LogP contribution is -2.43. The van der Waals surface area contributed by atoms with Crippen molar-refractivity contribution in [2.75, 3.05) is 6.54 Å². The molecule has 3 nitrogen and oxygen atoms in total. The van der Waals surface area contributed by atoms with Crippen LogP contribution < -0.4 is 10.6 Å². The van der Waals surface area contributed by atoms with E-state index in [1.54, 1.807) is 0 Å². The number of hydrogen-bond acceptors (Lipinski definition) is 3. The third-order valence-electron chi connectivity index (χ3n) is 8.96. The SMILES string of the molecule is CC1=CC2C(c3ccccc3C3=CN4C=C(C)C(C)=CC4C4=c5oc6ccccc6c5=CC[C@@H]34)N2C1. The van der Waals surface area contributed by atoms with E-state index < -0.39 is 0 Å². The van der Waals surface area contributed by atoms with E-state index in [0.29, 0.717) is 18.0 Å². The van der Waals surface area contributed by atoms with Crippen molar-refractivity contribution in [2.45, 2.75) is 45.3 Å². The van der Waals surface area contributed by atoms with Gasteiger partial charge < -0.3 is 9.32 Å². The molecule has 5 aliphatic rings. The molecule has 1 aromatic heterocycles. The van der Waals surface area contributed by atoms with Crippen molar-refractivity contribution in [3.05, 3.63) is 112 Å².